The van der Waals surface area contributed by atoms with E-state index in [1.54, 1.807) is 6.20 Å². The van der Waals surface area contributed by atoms with Crippen LogP contribution in [0.1, 0.15) is 12.5 Å². The van der Waals surface area contributed by atoms with Crippen LogP contribution in [0, 0.1) is 0 Å². The van der Waals surface area contributed by atoms with E-state index in [4.69, 9.17) is 11.6 Å². The maximum atomic E-state index is 6.03. The molecule has 1 N–H and O–H groups in total. The Kier molecular flexibility index (Phi) is 3.57. The molecule has 1 aromatic rings. The number of hydrogen-bond donors (Lipinski definition) is 1. The average molecular weight is 226 g/mol. The molecule has 0 saturated carbocycles. The van der Waals surface area contributed by atoms with Gasteiger partial charge in [-0.1, -0.05) is 17.7 Å². The van der Waals surface area contributed by atoms with E-state index in [1.807, 2.05) is 12.1 Å². The van der Waals surface area contributed by atoms with Crippen LogP contribution in [0.15, 0.2) is 18.3 Å². The molecular weight excluding hydrogens is 210 g/mol. The maximum Gasteiger partial charge on any atom is 0.133 e. The molecule has 1 unspecified atom stereocenters. The van der Waals surface area contributed by atoms with Crippen molar-refractivity contribution in [1.29, 1.82) is 0 Å². The Morgan fingerprint density at radius 2 is 2.53 bits per heavy atom. The summed E-state index contributed by atoms with van der Waals surface area (Å²) in [5.41, 5.74) is 1.12. The first kappa shape index (κ1) is 10.9. The summed E-state index contributed by atoms with van der Waals surface area (Å²) in [6, 6.07) is 4.55. The second-order valence-electron chi connectivity index (χ2n) is 4.04. The number of hydrogen-bond acceptors (Lipinski definition) is 3. The van der Waals surface area contributed by atoms with Crippen LogP contribution < -0.4 is 5.32 Å². The van der Waals surface area contributed by atoms with Gasteiger partial charge < -0.3 is 5.32 Å². The van der Waals surface area contributed by atoms with Gasteiger partial charge in [0.2, 0.25) is 0 Å². The third-order valence-corrected chi connectivity index (χ3v) is 3.02. The van der Waals surface area contributed by atoms with Crippen LogP contribution in [-0.2, 0) is 6.54 Å². The molecule has 0 aromatic carbocycles. The molecule has 4 heteroatoms. The molecule has 0 amide bonds. The van der Waals surface area contributed by atoms with Crippen LogP contribution in [0.5, 0.6) is 0 Å². The Bertz CT molecular complexity index is 329. The highest BCUT2D eigenvalue weighted by atomic mass is 35.5. The lowest BCUT2D eigenvalue weighted by molar-refractivity contribution is 0.199. The molecule has 0 bridgehead atoms. The van der Waals surface area contributed by atoms with E-state index in [1.165, 1.54) is 0 Å². The van der Waals surface area contributed by atoms with Crippen LogP contribution in [-0.4, -0.2) is 35.6 Å². The first-order valence-corrected chi connectivity index (χ1v) is 5.68. The quantitative estimate of drug-likeness (QED) is 0.774. The van der Waals surface area contributed by atoms with Crippen LogP contribution in [0.3, 0.4) is 0 Å². The van der Waals surface area contributed by atoms with E-state index in [0.29, 0.717) is 11.2 Å². The first-order valence-electron chi connectivity index (χ1n) is 5.31. The number of halogens is 1. The zero-order valence-electron chi connectivity index (χ0n) is 8.91. The lowest BCUT2D eigenvalue weighted by Crippen LogP contribution is -2.48. The number of nitrogens with zero attached hydrogens (tertiary/aromatic N) is 2. The Balaban J connectivity index is 1.99. The largest absolute Gasteiger partial charge is 0.312 e. The molecule has 1 aromatic heterocycles. The monoisotopic (exact) mass is 225 g/mol. The van der Waals surface area contributed by atoms with Crippen LogP contribution in [0.25, 0.3) is 0 Å². The van der Waals surface area contributed by atoms with Crippen molar-refractivity contribution in [1.82, 2.24) is 15.2 Å². The van der Waals surface area contributed by atoms with Crippen molar-refractivity contribution in [2.45, 2.75) is 19.5 Å². The summed E-state index contributed by atoms with van der Waals surface area (Å²) in [5.74, 6) is 0. The molecule has 1 aliphatic rings. The van der Waals surface area contributed by atoms with Crippen LogP contribution in [0.4, 0.5) is 0 Å². The fourth-order valence-corrected chi connectivity index (χ4v) is 2.11. The third-order valence-electron chi connectivity index (χ3n) is 2.68. The van der Waals surface area contributed by atoms with Gasteiger partial charge in [-0.2, -0.15) is 0 Å². The van der Waals surface area contributed by atoms with Gasteiger partial charge in [-0.05, 0) is 13.0 Å². The molecule has 1 atom stereocenters. The van der Waals surface area contributed by atoms with Gasteiger partial charge in [-0.25, -0.2) is 4.98 Å². The summed E-state index contributed by atoms with van der Waals surface area (Å²) >= 11 is 6.03. The van der Waals surface area contributed by atoms with Gasteiger partial charge in [0, 0.05) is 44.0 Å². The fourth-order valence-electron chi connectivity index (χ4n) is 1.93. The van der Waals surface area contributed by atoms with Crippen molar-refractivity contribution in [3.8, 4) is 0 Å². The minimum atomic E-state index is 0.564. The third kappa shape index (κ3) is 2.91. The van der Waals surface area contributed by atoms with E-state index in [-0.39, 0.29) is 0 Å². The number of rotatable bonds is 2. The SMILES string of the molecule is CC1CN(Cc2cccnc2Cl)CCN1. The van der Waals surface area contributed by atoms with Gasteiger partial charge in [0.25, 0.3) is 0 Å². The summed E-state index contributed by atoms with van der Waals surface area (Å²) in [6.45, 7) is 6.32. The smallest absolute Gasteiger partial charge is 0.133 e. The summed E-state index contributed by atoms with van der Waals surface area (Å²) in [6.07, 6.45) is 1.73. The summed E-state index contributed by atoms with van der Waals surface area (Å²) in [5, 5.41) is 4.05. The summed E-state index contributed by atoms with van der Waals surface area (Å²) < 4.78 is 0. The topological polar surface area (TPSA) is 28.2 Å². The highest BCUT2D eigenvalue weighted by molar-refractivity contribution is 6.30. The normalized spacial score (nSPS) is 22.9. The summed E-state index contributed by atoms with van der Waals surface area (Å²) in [7, 11) is 0. The highest BCUT2D eigenvalue weighted by Gasteiger charge is 2.16. The van der Waals surface area contributed by atoms with Gasteiger partial charge in [0.15, 0.2) is 0 Å². The van der Waals surface area contributed by atoms with E-state index in [2.05, 4.69) is 22.1 Å². The lowest BCUT2D eigenvalue weighted by Gasteiger charge is -2.31. The predicted molar refractivity (Wildman–Crippen MR) is 62.0 cm³/mol. The Morgan fingerprint density at radius 1 is 1.67 bits per heavy atom. The molecule has 82 valence electrons. The van der Waals surface area contributed by atoms with E-state index in [9.17, 15) is 0 Å². The van der Waals surface area contributed by atoms with E-state index < -0.39 is 0 Å². The Labute approximate surface area is 95.4 Å². The van der Waals surface area contributed by atoms with Crippen LogP contribution in [0.2, 0.25) is 5.15 Å². The van der Waals surface area contributed by atoms with Crippen molar-refractivity contribution < 1.29 is 0 Å². The van der Waals surface area contributed by atoms with E-state index in [0.717, 1.165) is 31.7 Å². The second-order valence-corrected chi connectivity index (χ2v) is 4.40. The molecule has 1 fully saturated rings. The highest BCUT2D eigenvalue weighted by Crippen LogP contribution is 2.14. The molecule has 15 heavy (non-hydrogen) atoms. The first-order chi connectivity index (χ1) is 7.25. The Morgan fingerprint density at radius 3 is 3.27 bits per heavy atom. The van der Waals surface area contributed by atoms with Gasteiger partial charge in [0.05, 0.1) is 0 Å². The van der Waals surface area contributed by atoms with Crippen molar-refractivity contribution >= 4 is 11.6 Å². The number of pyridine rings is 1. The molecule has 0 spiro atoms. The molecule has 3 nitrogen and oxygen atoms in total. The molecule has 1 saturated heterocycles. The Hall–Kier alpha value is -0.640. The molecule has 0 radical (unpaired) electrons. The fraction of sp³-hybridized carbons (Fsp3) is 0.545. The number of nitrogens with one attached hydrogen (secondary N) is 1. The number of aromatic nitrogens is 1. The predicted octanol–water partition coefficient (Wildman–Crippen LogP) is 1.53. The van der Waals surface area contributed by atoms with Crippen molar-refractivity contribution in [3.63, 3.8) is 0 Å². The number of piperazine rings is 1. The molecule has 0 aliphatic carbocycles. The summed E-state index contributed by atoms with van der Waals surface area (Å²) in [4.78, 5) is 6.49. The average Bonchev–Trinajstić information content (AvgIpc) is 2.22. The standard InChI is InChI=1S/C11H16ClN3/c1-9-7-15(6-5-13-9)8-10-3-2-4-14-11(10)12/h2-4,9,13H,5-8H2,1H3. The molecular formula is C11H16ClN3. The van der Waals surface area contributed by atoms with Crippen molar-refractivity contribution in [2.24, 2.45) is 0 Å². The van der Waals surface area contributed by atoms with Crippen LogP contribution >= 0.6 is 11.6 Å². The minimum Gasteiger partial charge on any atom is -0.312 e. The molecule has 2 rings (SSSR count). The minimum absolute atomic E-state index is 0.564. The van der Waals surface area contributed by atoms with E-state index >= 15 is 0 Å². The lowest BCUT2D eigenvalue weighted by atomic mass is 10.2. The zero-order valence-corrected chi connectivity index (χ0v) is 9.67. The van der Waals surface area contributed by atoms with Crippen molar-refractivity contribution in [3.05, 3.63) is 29.0 Å². The van der Waals surface area contributed by atoms with Gasteiger partial charge >= 0.3 is 0 Å². The second kappa shape index (κ2) is 4.92. The van der Waals surface area contributed by atoms with Gasteiger partial charge in [-0.3, -0.25) is 4.90 Å². The van der Waals surface area contributed by atoms with Gasteiger partial charge in [-0.15, -0.1) is 0 Å². The van der Waals surface area contributed by atoms with Gasteiger partial charge in [0.1, 0.15) is 5.15 Å². The molecule has 1 aliphatic heterocycles. The zero-order chi connectivity index (χ0) is 10.7. The molecule has 2 heterocycles. The maximum absolute atomic E-state index is 6.03. The van der Waals surface area contributed by atoms with Crippen molar-refractivity contribution in [2.75, 3.05) is 19.6 Å².